The van der Waals surface area contributed by atoms with Crippen molar-refractivity contribution < 1.29 is 19.1 Å². The number of hydrogen-bond donors (Lipinski definition) is 2. The van der Waals surface area contributed by atoms with Crippen molar-refractivity contribution in [3.8, 4) is 5.88 Å². The van der Waals surface area contributed by atoms with E-state index in [0.717, 1.165) is 31.2 Å². The molecule has 0 radical (unpaired) electrons. The number of nitrogens with two attached hydrogens (primary N) is 1. The van der Waals surface area contributed by atoms with Crippen molar-refractivity contribution >= 4 is 17.8 Å². The molecule has 1 aromatic heterocycles. The number of amides is 4. The summed E-state index contributed by atoms with van der Waals surface area (Å²) in [7, 11) is 0. The summed E-state index contributed by atoms with van der Waals surface area (Å²) in [6.07, 6.45) is 5.23. The minimum absolute atomic E-state index is 0.0390. The topological polar surface area (TPSA) is 115 Å². The number of benzene rings is 1. The number of aromatic nitrogens is 1. The molecule has 2 aromatic rings. The van der Waals surface area contributed by atoms with Gasteiger partial charge < -0.3 is 15.8 Å². The lowest BCUT2D eigenvalue weighted by atomic mass is 9.52. The molecule has 2 aliphatic carbocycles. The average molecular weight is 420 g/mol. The third-order valence-corrected chi connectivity index (χ3v) is 6.67. The molecular formula is C23H24N4O4. The molecule has 8 heteroatoms. The van der Waals surface area contributed by atoms with E-state index in [4.69, 9.17) is 10.5 Å². The summed E-state index contributed by atoms with van der Waals surface area (Å²) < 4.78 is 5.89. The largest absolute Gasteiger partial charge is 0.474 e. The summed E-state index contributed by atoms with van der Waals surface area (Å²) in [4.78, 5) is 42.4. The number of ether oxygens (including phenoxy) is 1. The van der Waals surface area contributed by atoms with Gasteiger partial charge in [-0.1, -0.05) is 30.3 Å². The highest BCUT2D eigenvalue weighted by Gasteiger charge is 2.58. The molecule has 31 heavy (non-hydrogen) atoms. The Balaban J connectivity index is 1.15. The van der Waals surface area contributed by atoms with E-state index in [1.54, 1.807) is 18.3 Å². The smallest absolute Gasteiger partial charge is 0.325 e. The van der Waals surface area contributed by atoms with Crippen LogP contribution in [0.3, 0.4) is 0 Å². The summed E-state index contributed by atoms with van der Waals surface area (Å²) in [5.41, 5.74) is 6.77. The Morgan fingerprint density at radius 1 is 1.13 bits per heavy atom. The van der Waals surface area contributed by atoms with Crippen LogP contribution in [0.25, 0.3) is 0 Å². The summed E-state index contributed by atoms with van der Waals surface area (Å²) in [6.45, 7) is 0. The van der Waals surface area contributed by atoms with E-state index in [-0.39, 0.29) is 40.9 Å². The Labute approximate surface area is 179 Å². The number of primary amides is 1. The maximum absolute atomic E-state index is 12.8. The molecule has 2 heterocycles. The molecular weight excluding hydrogens is 396 g/mol. The lowest BCUT2D eigenvalue weighted by molar-refractivity contribution is -0.140. The van der Waals surface area contributed by atoms with Crippen LogP contribution in [0.1, 0.15) is 41.6 Å². The van der Waals surface area contributed by atoms with E-state index in [9.17, 15) is 14.4 Å². The zero-order valence-corrected chi connectivity index (χ0v) is 17.0. The Morgan fingerprint density at radius 2 is 1.87 bits per heavy atom. The Bertz CT molecular complexity index is 1030. The zero-order chi connectivity index (χ0) is 21.6. The summed E-state index contributed by atoms with van der Waals surface area (Å²) in [5.74, 6) is -0.437. The van der Waals surface area contributed by atoms with E-state index in [2.05, 4.69) is 10.3 Å². The van der Waals surface area contributed by atoms with E-state index in [1.165, 1.54) is 4.90 Å². The second-order valence-corrected chi connectivity index (χ2v) is 8.83. The standard InChI is InChI=1S/C23H24N4O4/c24-19(28)17-7-4-8-25-20(17)31-16-12-23(13-16)10-15(11-23)27-21(29)18(26-22(27)30)9-14-5-2-1-3-6-14/h1-8,15-16,18H,9-13H2,(H2,24,28)(H,26,30)/t15?,16?,18-,23?/m0/s1. The number of carbonyl (C=O) groups excluding carboxylic acids is 3. The third kappa shape index (κ3) is 3.52. The molecule has 1 aromatic carbocycles. The molecule has 3 N–H and O–H groups in total. The number of nitrogens with one attached hydrogen (secondary N) is 1. The second-order valence-electron chi connectivity index (χ2n) is 8.83. The van der Waals surface area contributed by atoms with E-state index >= 15 is 0 Å². The van der Waals surface area contributed by atoms with Crippen LogP contribution >= 0.6 is 0 Å². The van der Waals surface area contributed by atoms with Gasteiger partial charge in [0.05, 0.1) is 0 Å². The summed E-state index contributed by atoms with van der Waals surface area (Å²) >= 11 is 0. The van der Waals surface area contributed by atoms with Crippen LogP contribution in [0.15, 0.2) is 48.7 Å². The van der Waals surface area contributed by atoms with Gasteiger partial charge in [0.15, 0.2) is 0 Å². The highest BCUT2D eigenvalue weighted by atomic mass is 16.5. The SMILES string of the molecule is NC(=O)c1cccnc1OC1CC2(C1)CC(N1C(=O)N[C@@H](Cc3ccccc3)C1=O)C2. The van der Waals surface area contributed by atoms with Gasteiger partial charge in [0.1, 0.15) is 17.7 Å². The molecule has 8 nitrogen and oxygen atoms in total. The van der Waals surface area contributed by atoms with Crippen LogP contribution in [0.2, 0.25) is 0 Å². The van der Waals surface area contributed by atoms with Crippen molar-refractivity contribution in [2.45, 2.75) is 50.3 Å². The lowest BCUT2D eigenvalue weighted by Gasteiger charge is -2.58. The summed E-state index contributed by atoms with van der Waals surface area (Å²) in [5, 5.41) is 2.83. The maximum atomic E-state index is 12.8. The number of imide groups is 1. The molecule has 1 saturated heterocycles. The van der Waals surface area contributed by atoms with E-state index < -0.39 is 11.9 Å². The lowest BCUT2D eigenvalue weighted by Crippen LogP contribution is -2.60. The number of hydrogen-bond acceptors (Lipinski definition) is 5. The van der Waals surface area contributed by atoms with Crippen LogP contribution < -0.4 is 15.8 Å². The number of urea groups is 1. The van der Waals surface area contributed by atoms with Gasteiger partial charge in [-0.15, -0.1) is 0 Å². The number of pyridine rings is 1. The Kier molecular flexibility index (Phi) is 4.64. The maximum Gasteiger partial charge on any atom is 0.325 e. The van der Waals surface area contributed by atoms with Crippen molar-refractivity contribution in [1.29, 1.82) is 0 Å². The van der Waals surface area contributed by atoms with Crippen LogP contribution in [0.4, 0.5) is 4.79 Å². The van der Waals surface area contributed by atoms with Gasteiger partial charge in [0, 0.05) is 18.7 Å². The summed E-state index contributed by atoms with van der Waals surface area (Å²) in [6, 6.07) is 12.1. The molecule has 1 atom stereocenters. The van der Waals surface area contributed by atoms with Gasteiger partial charge in [0.25, 0.3) is 11.8 Å². The van der Waals surface area contributed by atoms with Gasteiger partial charge >= 0.3 is 6.03 Å². The molecule has 160 valence electrons. The quantitative estimate of drug-likeness (QED) is 0.694. The highest BCUT2D eigenvalue weighted by Crippen LogP contribution is 2.58. The van der Waals surface area contributed by atoms with Crippen molar-refractivity contribution in [1.82, 2.24) is 15.2 Å². The molecule has 3 fully saturated rings. The van der Waals surface area contributed by atoms with Crippen LogP contribution in [-0.4, -0.2) is 45.9 Å². The van der Waals surface area contributed by atoms with Gasteiger partial charge in [-0.25, -0.2) is 9.78 Å². The first-order chi connectivity index (χ1) is 14.9. The predicted molar refractivity (Wildman–Crippen MR) is 111 cm³/mol. The van der Waals surface area contributed by atoms with Crippen LogP contribution in [0.5, 0.6) is 5.88 Å². The van der Waals surface area contributed by atoms with Crippen molar-refractivity contribution in [3.05, 3.63) is 59.8 Å². The van der Waals surface area contributed by atoms with Gasteiger partial charge in [-0.2, -0.15) is 0 Å². The highest BCUT2D eigenvalue weighted by molar-refractivity contribution is 6.04. The molecule has 1 spiro atoms. The first kappa shape index (κ1) is 19.5. The minimum Gasteiger partial charge on any atom is -0.474 e. The molecule has 0 unspecified atom stereocenters. The van der Waals surface area contributed by atoms with Crippen molar-refractivity contribution in [2.24, 2.45) is 11.1 Å². The first-order valence-corrected chi connectivity index (χ1v) is 10.5. The van der Waals surface area contributed by atoms with Gasteiger partial charge in [0.2, 0.25) is 5.88 Å². The molecule has 2 saturated carbocycles. The predicted octanol–water partition coefficient (Wildman–Crippen LogP) is 2.03. The minimum atomic E-state index is -0.565. The number of nitrogens with zero attached hydrogens (tertiary/aromatic N) is 2. The van der Waals surface area contributed by atoms with Crippen LogP contribution in [-0.2, 0) is 11.2 Å². The monoisotopic (exact) mass is 420 g/mol. The fourth-order valence-electron chi connectivity index (χ4n) is 5.16. The van der Waals surface area contributed by atoms with E-state index in [1.807, 2.05) is 30.3 Å². The molecule has 0 bridgehead atoms. The normalized spacial score (nSPS) is 29.3. The zero-order valence-electron chi connectivity index (χ0n) is 17.0. The van der Waals surface area contributed by atoms with Gasteiger partial charge in [-0.3, -0.25) is 14.5 Å². The third-order valence-electron chi connectivity index (χ3n) is 6.67. The Hall–Kier alpha value is -3.42. The van der Waals surface area contributed by atoms with Gasteiger partial charge in [-0.05, 0) is 48.8 Å². The molecule has 1 aliphatic heterocycles. The number of rotatable bonds is 6. The second kappa shape index (κ2) is 7.37. The number of carbonyl (C=O) groups is 3. The first-order valence-electron chi connectivity index (χ1n) is 10.5. The Morgan fingerprint density at radius 3 is 2.58 bits per heavy atom. The molecule has 3 aliphatic rings. The van der Waals surface area contributed by atoms with E-state index in [0.29, 0.717) is 6.42 Å². The fraction of sp³-hybridized carbons (Fsp3) is 0.391. The van der Waals surface area contributed by atoms with Crippen molar-refractivity contribution in [3.63, 3.8) is 0 Å². The fourth-order valence-corrected chi connectivity index (χ4v) is 5.16. The van der Waals surface area contributed by atoms with Crippen LogP contribution in [0, 0.1) is 5.41 Å². The van der Waals surface area contributed by atoms with Crippen molar-refractivity contribution in [2.75, 3.05) is 0 Å². The molecule has 4 amide bonds. The molecule has 5 rings (SSSR count). The average Bonchev–Trinajstić information content (AvgIpc) is 2.97.